The van der Waals surface area contributed by atoms with E-state index in [2.05, 4.69) is 6.07 Å². The molecule has 196 valence electrons. The van der Waals surface area contributed by atoms with Crippen molar-refractivity contribution in [1.29, 1.82) is 0 Å². The van der Waals surface area contributed by atoms with E-state index in [4.69, 9.17) is 23.2 Å². The molecule has 7 rings (SSSR count). The van der Waals surface area contributed by atoms with Crippen LogP contribution >= 0.6 is 23.2 Å². The number of aryl methyl sites for hydroxylation is 1. The number of halogens is 2. The highest BCUT2D eigenvalue weighted by atomic mass is 35.5. The molecule has 3 atom stereocenters. The van der Waals surface area contributed by atoms with Crippen LogP contribution in [0.5, 0.6) is 0 Å². The van der Waals surface area contributed by atoms with Gasteiger partial charge in [0.15, 0.2) is 17.3 Å². The number of benzene rings is 4. The zero-order chi connectivity index (χ0) is 27.8. The van der Waals surface area contributed by atoms with Crippen LogP contribution in [-0.2, 0) is 0 Å². The van der Waals surface area contributed by atoms with Crippen molar-refractivity contribution in [2.24, 2.45) is 5.41 Å². The summed E-state index contributed by atoms with van der Waals surface area (Å²) >= 11 is 12.4. The predicted octanol–water partition coefficient (Wildman–Crippen LogP) is 7.62. The Morgan fingerprint density at radius 2 is 1.40 bits per heavy atom. The number of rotatable bonds is 3. The monoisotopic (exact) mass is 563 g/mol. The molecule has 4 aromatic rings. The molecule has 0 saturated carbocycles. The molecule has 0 amide bonds. The van der Waals surface area contributed by atoms with Crippen molar-refractivity contribution in [3.05, 3.63) is 140 Å². The van der Waals surface area contributed by atoms with E-state index < -0.39 is 23.4 Å². The first-order valence-electron chi connectivity index (χ1n) is 13.1. The molecule has 1 aliphatic carbocycles. The van der Waals surface area contributed by atoms with Gasteiger partial charge < -0.3 is 4.90 Å². The van der Waals surface area contributed by atoms with Gasteiger partial charge in [0, 0.05) is 38.3 Å². The van der Waals surface area contributed by atoms with Crippen LogP contribution < -0.4 is 4.90 Å². The second kappa shape index (κ2) is 9.02. The molecular formula is C34H23Cl2NO3. The fraction of sp³-hybridized carbons (Fsp3) is 0.147. The van der Waals surface area contributed by atoms with E-state index in [1.165, 1.54) is 0 Å². The summed E-state index contributed by atoms with van der Waals surface area (Å²) in [6, 6.07) is 25.4. The number of hydrogen-bond donors (Lipinski definition) is 0. The van der Waals surface area contributed by atoms with Crippen molar-refractivity contribution < 1.29 is 14.4 Å². The molecule has 1 spiro atoms. The lowest BCUT2D eigenvalue weighted by Gasteiger charge is -2.37. The fourth-order valence-corrected chi connectivity index (χ4v) is 7.18. The molecule has 0 radical (unpaired) electrons. The molecule has 1 saturated heterocycles. The van der Waals surface area contributed by atoms with Gasteiger partial charge in [-0.15, -0.1) is 0 Å². The average molecular weight is 564 g/mol. The Labute approximate surface area is 241 Å². The summed E-state index contributed by atoms with van der Waals surface area (Å²) < 4.78 is 0. The van der Waals surface area contributed by atoms with Crippen LogP contribution in [0.15, 0.2) is 97.1 Å². The van der Waals surface area contributed by atoms with Crippen molar-refractivity contribution in [2.75, 3.05) is 4.90 Å². The van der Waals surface area contributed by atoms with E-state index >= 15 is 0 Å². The van der Waals surface area contributed by atoms with Gasteiger partial charge in [-0.2, -0.15) is 0 Å². The third-order valence-corrected chi connectivity index (χ3v) is 9.09. The van der Waals surface area contributed by atoms with E-state index in [-0.39, 0.29) is 17.3 Å². The van der Waals surface area contributed by atoms with Crippen molar-refractivity contribution in [3.63, 3.8) is 0 Å². The average Bonchev–Trinajstić information content (AvgIpc) is 3.39. The number of nitrogens with zero attached hydrogens (tertiary/aromatic N) is 1. The molecule has 2 heterocycles. The molecule has 0 N–H and O–H groups in total. The minimum Gasteiger partial charge on any atom is -0.352 e. The van der Waals surface area contributed by atoms with E-state index in [1.54, 1.807) is 60.7 Å². The number of anilines is 1. The molecule has 4 nitrogen and oxygen atoms in total. The lowest BCUT2D eigenvalue weighted by Crippen LogP contribution is -2.48. The highest BCUT2D eigenvalue weighted by Gasteiger charge is 2.71. The van der Waals surface area contributed by atoms with Gasteiger partial charge in [0.2, 0.25) is 0 Å². The van der Waals surface area contributed by atoms with Crippen LogP contribution in [-0.4, -0.2) is 29.4 Å². The van der Waals surface area contributed by atoms with E-state index in [1.807, 2.05) is 48.2 Å². The van der Waals surface area contributed by atoms with Crippen molar-refractivity contribution in [1.82, 2.24) is 0 Å². The first-order chi connectivity index (χ1) is 19.3. The second-order valence-electron chi connectivity index (χ2n) is 10.7. The van der Waals surface area contributed by atoms with Crippen molar-refractivity contribution in [2.45, 2.75) is 24.9 Å². The highest BCUT2D eigenvalue weighted by molar-refractivity contribution is 6.33. The first kappa shape index (κ1) is 25.0. The number of carbonyl (C=O) groups is 3. The summed E-state index contributed by atoms with van der Waals surface area (Å²) in [5.41, 5.74) is 3.26. The minimum atomic E-state index is -1.54. The summed E-state index contributed by atoms with van der Waals surface area (Å²) in [4.78, 5) is 45.8. The second-order valence-corrected chi connectivity index (χ2v) is 11.6. The molecule has 3 unspecified atom stereocenters. The SMILES string of the molecule is Cc1ccc2c(c1)C=CC1N2C(C(=O)c2ccc(Cl)cc2)C(c2ccc(Cl)cc2)C12C(=O)c1ccccc1C2=O. The molecule has 3 aliphatic rings. The number of hydrogen-bond acceptors (Lipinski definition) is 4. The van der Waals surface area contributed by atoms with Gasteiger partial charge in [-0.05, 0) is 66.6 Å². The van der Waals surface area contributed by atoms with Gasteiger partial charge in [0.25, 0.3) is 0 Å². The molecule has 2 aliphatic heterocycles. The van der Waals surface area contributed by atoms with Crippen LogP contribution in [0.1, 0.15) is 53.7 Å². The number of Topliss-reactive ketones (excluding diaryl/α,β-unsaturated/α-hetero) is 3. The predicted molar refractivity (Wildman–Crippen MR) is 158 cm³/mol. The molecule has 4 aromatic carbocycles. The van der Waals surface area contributed by atoms with E-state index in [0.717, 1.165) is 16.8 Å². The largest absolute Gasteiger partial charge is 0.352 e. The normalized spacial score (nSPS) is 21.9. The Hall–Kier alpha value is -3.99. The van der Waals surface area contributed by atoms with E-state index in [0.29, 0.717) is 32.3 Å². The van der Waals surface area contributed by atoms with Crippen LogP contribution in [0, 0.1) is 12.3 Å². The van der Waals surface area contributed by atoms with Gasteiger partial charge >= 0.3 is 0 Å². The standard InChI is InChI=1S/C34H23Cl2NO3/c1-19-6-16-27-22(18-19)11-17-28-34(32(39)25-4-2-3-5-26(25)33(34)40)29(20-7-12-23(35)13-8-20)30(37(27)28)31(38)21-9-14-24(36)15-10-21/h2-18,28-30H,1H3. The molecule has 0 aromatic heterocycles. The molecule has 6 heteroatoms. The molecule has 40 heavy (non-hydrogen) atoms. The topological polar surface area (TPSA) is 54.5 Å². The third kappa shape index (κ3) is 3.36. The Balaban J connectivity index is 1.54. The maximum absolute atomic E-state index is 14.6. The third-order valence-electron chi connectivity index (χ3n) is 8.59. The van der Waals surface area contributed by atoms with Crippen molar-refractivity contribution >= 4 is 52.3 Å². The van der Waals surface area contributed by atoms with Gasteiger partial charge in [0.05, 0.1) is 6.04 Å². The van der Waals surface area contributed by atoms with Crippen molar-refractivity contribution in [3.8, 4) is 0 Å². The zero-order valence-electron chi connectivity index (χ0n) is 21.5. The lowest BCUT2D eigenvalue weighted by atomic mass is 9.64. The van der Waals surface area contributed by atoms with Crippen LogP contribution in [0.4, 0.5) is 5.69 Å². The van der Waals surface area contributed by atoms with E-state index in [9.17, 15) is 14.4 Å². The van der Waals surface area contributed by atoms with Gasteiger partial charge in [-0.3, -0.25) is 14.4 Å². The maximum atomic E-state index is 14.6. The molecule has 0 bridgehead atoms. The number of carbonyl (C=O) groups excluding carboxylic acids is 3. The number of fused-ring (bicyclic) bond motifs is 5. The van der Waals surface area contributed by atoms with Gasteiger partial charge in [0.1, 0.15) is 11.5 Å². The quantitative estimate of drug-likeness (QED) is 0.190. The van der Waals surface area contributed by atoms with Crippen LogP contribution in [0.2, 0.25) is 10.0 Å². The maximum Gasteiger partial charge on any atom is 0.185 e. The van der Waals surface area contributed by atoms with Crippen LogP contribution in [0.25, 0.3) is 6.08 Å². The zero-order valence-corrected chi connectivity index (χ0v) is 23.0. The summed E-state index contributed by atoms with van der Waals surface area (Å²) in [7, 11) is 0. The van der Waals surface area contributed by atoms with Gasteiger partial charge in [-0.25, -0.2) is 0 Å². The summed E-state index contributed by atoms with van der Waals surface area (Å²) in [5, 5.41) is 1.05. The Bertz CT molecular complexity index is 1720. The summed E-state index contributed by atoms with van der Waals surface area (Å²) in [6.07, 6.45) is 3.91. The van der Waals surface area contributed by atoms with Crippen LogP contribution in [0.3, 0.4) is 0 Å². The summed E-state index contributed by atoms with van der Waals surface area (Å²) in [5.74, 6) is -1.47. The Morgan fingerprint density at radius 1 is 0.800 bits per heavy atom. The smallest absolute Gasteiger partial charge is 0.185 e. The fourth-order valence-electron chi connectivity index (χ4n) is 6.92. The number of ketones is 3. The van der Waals surface area contributed by atoms with Gasteiger partial charge in [-0.1, -0.05) is 83.4 Å². The minimum absolute atomic E-state index is 0.183. The Morgan fingerprint density at radius 3 is 2.02 bits per heavy atom. The summed E-state index contributed by atoms with van der Waals surface area (Å²) in [6.45, 7) is 2.01. The first-order valence-corrected chi connectivity index (χ1v) is 13.9. The molecular weight excluding hydrogens is 541 g/mol. The lowest BCUT2D eigenvalue weighted by molar-refractivity contribution is 0.0666. The Kier molecular flexibility index (Phi) is 5.64. The highest BCUT2D eigenvalue weighted by Crippen LogP contribution is 2.61. The molecule has 1 fully saturated rings.